The van der Waals surface area contributed by atoms with Gasteiger partial charge in [-0.3, -0.25) is 0 Å². The topological polar surface area (TPSA) is 16.1 Å². The second kappa shape index (κ2) is 5.96. The summed E-state index contributed by atoms with van der Waals surface area (Å²) in [4.78, 5) is 6.83. The Balaban J connectivity index is 2.91. The Morgan fingerprint density at radius 2 is 2.13 bits per heavy atom. The van der Waals surface area contributed by atoms with Gasteiger partial charge < -0.3 is 4.90 Å². The molecule has 2 nitrogen and oxygen atoms in total. The Hall–Kier alpha value is -0.760. The summed E-state index contributed by atoms with van der Waals surface area (Å²) in [5.74, 6) is 1.51. The zero-order valence-electron chi connectivity index (χ0n) is 9.70. The highest BCUT2D eigenvalue weighted by Crippen LogP contribution is 2.16. The minimum atomic E-state index is 0.478. The lowest BCUT2D eigenvalue weighted by Gasteiger charge is -2.28. The molecule has 0 aliphatic carbocycles. The summed E-state index contributed by atoms with van der Waals surface area (Å²) in [6.07, 6.45) is 1.13. The standard InChI is InChI=1S/C12H19ClN2/c1-4-10(3)15(5-2)12-8-6-7-11(9-13)14-12/h6-8,10H,4-5,9H2,1-3H3. The van der Waals surface area contributed by atoms with Crippen LogP contribution in [0.4, 0.5) is 5.82 Å². The van der Waals surface area contributed by atoms with Gasteiger partial charge in [-0.25, -0.2) is 4.98 Å². The molecule has 1 heterocycles. The Kier molecular flexibility index (Phi) is 4.89. The lowest BCUT2D eigenvalue weighted by atomic mass is 10.2. The molecule has 0 fully saturated rings. The maximum atomic E-state index is 5.78. The van der Waals surface area contributed by atoms with E-state index in [0.717, 1.165) is 24.5 Å². The molecule has 0 radical (unpaired) electrons. The minimum Gasteiger partial charge on any atom is -0.354 e. The molecular weight excluding hydrogens is 208 g/mol. The summed E-state index contributed by atoms with van der Waals surface area (Å²) in [6, 6.07) is 6.55. The Bertz CT molecular complexity index is 301. The van der Waals surface area contributed by atoms with Gasteiger partial charge in [0.2, 0.25) is 0 Å². The van der Waals surface area contributed by atoms with E-state index in [4.69, 9.17) is 11.6 Å². The van der Waals surface area contributed by atoms with Crippen molar-refractivity contribution < 1.29 is 0 Å². The van der Waals surface area contributed by atoms with E-state index >= 15 is 0 Å². The molecule has 0 aromatic carbocycles. The second-order valence-corrected chi connectivity index (χ2v) is 3.93. The molecule has 0 amide bonds. The van der Waals surface area contributed by atoms with Crippen LogP contribution in [-0.4, -0.2) is 17.6 Å². The lowest BCUT2D eigenvalue weighted by Crippen LogP contribution is -2.33. The third kappa shape index (κ3) is 3.10. The first kappa shape index (κ1) is 12.3. The highest BCUT2D eigenvalue weighted by Gasteiger charge is 2.11. The normalized spacial score (nSPS) is 12.5. The molecule has 0 saturated heterocycles. The number of hydrogen-bond donors (Lipinski definition) is 0. The van der Waals surface area contributed by atoms with Gasteiger partial charge in [-0.05, 0) is 32.4 Å². The molecule has 84 valence electrons. The molecule has 1 unspecified atom stereocenters. The smallest absolute Gasteiger partial charge is 0.129 e. The molecular formula is C12H19ClN2. The maximum absolute atomic E-state index is 5.78. The molecule has 3 heteroatoms. The fraction of sp³-hybridized carbons (Fsp3) is 0.583. The quantitative estimate of drug-likeness (QED) is 0.715. The molecule has 15 heavy (non-hydrogen) atoms. The SMILES string of the molecule is CCC(C)N(CC)c1cccc(CCl)n1. The maximum Gasteiger partial charge on any atom is 0.129 e. The van der Waals surface area contributed by atoms with Gasteiger partial charge in [-0.15, -0.1) is 11.6 Å². The van der Waals surface area contributed by atoms with E-state index in [9.17, 15) is 0 Å². The number of rotatable bonds is 5. The van der Waals surface area contributed by atoms with Gasteiger partial charge in [0.25, 0.3) is 0 Å². The molecule has 0 aliphatic rings. The van der Waals surface area contributed by atoms with Gasteiger partial charge in [0, 0.05) is 12.6 Å². The minimum absolute atomic E-state index is 0.478. The van der Waals surface area contributed by atoms with E-state index in [1.54, 1.807) is 0 Å². The summed E-state index contributed by atoms with van der Waals surface area (Å²) >= 11 is 5.78. The third-order valence-corrected chi connectivity index (χ3v) is 2.96. The number of anilines is 1. The molecule has 0 N–H and O–H groups in total. The fourth-order valence-electron chi connectivity index (χ4n) is 1.62. The molecule has 0 bridgehead atoms. The number of halogens is 1. The van der Waals surface area contributed by atoms with Crippen molar-refractivity contribution in [3.8, 4) is 0 Å². The van der Waals surface area contributed by atoms with Gasteiger partial charge in [0.15, 0.2) is 0 Å². The van der Waals surface area contributed by atoms with Crippen LogP contribution in [0, 0.1) is 0 Å². The highest BCUT2D eigenvalue weighted by molar-refractivity contribution is 6.16. The van der Waals surface area contributed by atoms with Crippen molar-refractivity contribution in [2.45, 2.75) is 39.1 Å². The van der Waals surface area contributed by atoms with E-state index in [-0.39, 0.29) is 0 Å². The first-order valence-electron chi connectivity index (χ1n) is 5.51. The molecule has 1 rings (SSSR count). The Morgan fingerprint density at radius 3 is 2.67 bits per heavy atom. The molecule has 1 aromatic rings. The van der Waals surface area contributed by atoms with Crippen molar-refractivity contribution in [2.24, 2.45) is 0 Å². The fourth-order valence-corrected chi connectivity index (χ4v) is 1.77. The van der Waals surface area contributed by atoms with Crippen molar-refractivity contribution >= 4 is 17.4 Å². The van der Waals surface area contributed by atoms with Gasteiger partial charge >= 0.3 is 0 Å². The van der Waals surface area contributed by atoms with Gasteiger partial charge in [0.1, 0.15) is 5.82 Å². The van der Waals surface area contributed by atoms with Gasteiger partial charge in [-0.2, -0.15) is 0 Å². The predicted octanol–water partition coefficient (Wildman–Crippen LogP) is 3.45. The van der Waals surface area contributed by atoms with Crippen LogP contribution in [0.15, 0.2) is 18.2 Å². The van der Waals surface area contributed by atoms with Crippen molar-refractivity contribution in [3.63, 3.8) is 0 Å². The molecule has 1 aromatic heterocycles. The summed E-state index contributed by atoms with van der Waals surface area (Å²) < 4.78 is 0. The van der Waals surface area contributed by atoms with Crippen molar-refractivity contribution in [2.75, 3.05) is 11.4 Å². The second-order valence-electron chi connectivity index (χ2n) is 3.66. The van der Waals surface area contributed by atoms with Crippen LogP contribution in [0.2, 0.25) is 0 Å². The molecule has 1 atom stereocenters. The summed E-state index contributed by atoms with van der Waals surface area (Å²) in [5.41, 5.74) is 0.941. The summed E-state index contributed by atoms with van der Waals surface area (Å²) in [6.45, 7) is 7.55. The van der Waals surface area contributed by atoms with Gasteiger partial charge in [-0.1, -0.05) is 13.0 Å². The first-order valence-corrected chi connectivity index (χ1v) is 6.04. The van der Waals surface area contributed by atoms with Crippen LogP contribution in [0.25, 0.3) is 0 Å². The largest absolute Gasteiger partial charge is 0.354 e. The first-order chi connectivity index (χ1) is 7.22. The zero-order chi connectivity index (χ0) is 11.3. The number of alkyl halides is 1. The third-order valence-electron chi connectivity index (χ3n) is 2.69. The van der Waals surface area contributed by atoms with Crippen molar-refractivity contribution in [3.05, 3.63) is 23.9 Å². The van der Waals surface area contributed by atoms with E-state index in [2.05, 4.69) is 30.7 Å². The van der Waals surface area contributed by atoms with Crippen LogP contribution in [0.3, 0.4) is 0 Å². The van der Waals surface area contributed by atoms with Crippen molar-refractivity contribution in [1.82, 2.24) is 4.98 Å². The van der Waals surface area contributed by atoms with Gasteiger partial charge in [0.05, 0.1) is 11.6 Å². The number of hydrogen-bond acceptors (Lipinski definition) is 2. The molecule has 0 aliphatic heterocycles. The van der Waals surface area contributed by atoms with E-state index in [0.29, 0.717) is 11.9 Å². The highest BCUT2D eigenvalue weighted by atomic mass is 35.5. The average Bonchev–Trinajstić information content (AvgIpc) is 2.30. The van der Waals surface area contributed by atoms with Crippen LogP contribution >= 0.6 is 11.6 Å². The number of aromatic nitrogens is 1. The molecule has 0 spiro atoms. The summed E-state index contributed by atoms with van der Waals surface area (Å²) in [7, 11) is 0. The van der Waals surface area contributed by atoms with E-state index in [1.807, 2.05) is 18.2 Å². The van der Waals surface area contributed by atoms with Crippen LogP contribution in [-0.2, 0) is 5.88 Å². The predicted molar refractivity (Wildman–Crippen MR) is 66.6 cm³/mol. The zero-order valence-corrected chi connectivity index (χ0v) is 10.5. The van der Waals surface area contributed by atoms with Crippen LogP contribution in [0.1, 0.15) is 32.9 Å². The Morgan fingerprint density at radius 1 is 1.40 bits per heavy atom. The van der Waals surface area contributed by atoms with E-state index < -0.39 is 0 Å². The number of nitrogens with zero attached hydrogens (tertiary/aromatic N) is 2. The molecule has 0 saturated carbocycles. The monoisotopic (exact) mass is 226 g/mol. The Labute approximate surface area is 97.3 Å². The lowest BCUT2D eigenvalue weighted by molar-refractivity contribution is 0.622. The average molecular weight is 227 g/mol. The summed E-state index contributed by atoms with van der Waals surface area (Å²) in [5, 5.41) is 0. The van der Waals surface area contributed by atoms with Crippen LogP contribution in [0.5, 0.6) is 0 Å². The van der Waals surface area contributed by atoms with Crippen molar-refractivity contribution in [1.29, 1.82) is 0 Å². The van der Waals surface area contributed by atoms with Crippen LogP contribution < -0.4 is 4.90 Å². The number of pyridine rings is 1. The van der Waals surface area contributed by atoms with E-state index in [1.165, 1.54) is 0 Å².